The van der Waals surface area contributed by atoms with Crippen molar-refractivity contribution in [3.8, 4) is 0 Å². The minimum Gasteiger partial charge on any atom is -1.00 e. The van der Waals surface area contributed by atoms with Crippen molar-refractivity contribution in [1.82, 2.24) is 0 Å². The molecule has 0 aliphatic heterocycles. The van der Waals surface area contributed by atoms with Crippen molar-refractivity contribution in [2.24, 2.45) is 0 Å². The quantitative estimate of drug-likeness (QED) is 0.468. The van der Waals surface area contributed by atoms with Crippen molar-refractivity contribution in [1.29, 1.82) is 0 Å². The predicted molar refractivity (Wildman–Crippen MR) is 42.6 cm³/mol. The molecule has 0 amide bonds. The van der Waals surface area contributed by atoms with Gasteiger partial charge in [-0.25, -0.2) is 0 Å². The molecule has 0 heterocycles. The number of carboxylic acids is 1. The maximum atomic E-state index is 9.79. The molecule has 0 atom stereocenters. The maximum absolute atomic E-state index is 9.79. The molecular formula is C6H12CaO4. The van der Waals surface area contributed by atoms with Crippen molar-refractivity contribution < 1.29 is 22.3 Å². The summed E-state index contributed by atoms with van der Waals surface area (Å²) in [5, 5.41) is 7.42. The molecule has 0 fully saturated rings. The predicted octanol–water partition coefficient (Wildman–Crippen LogP) is 0.0995. The number of Topliss-reactive ketones (excluding diaryl/α,β-unsaturated/α-hetero) is 2. The SMILES string of the molecule is CC(=O)C(C)=O.CC(=O)O.[Ca+2].[H-].[H-]. The first-order chi connectivity index (χ1) is 4.37. The van der Waals surface area contributed by atoms with Crippen LogP contribution in [0.4, 0.5) is 0 Å². The second kappa shape index (κ2) is 10.1. The van der Waals surface area contributed by atoms with Gasteiger partial charge in [0, 0.05) is 20.8 Å². The third-order valence-electron chi connectivity index (χ3n) is 0.496. The second-order valence-electron chi connectivity index (χ2n) is 1.63. The van der Waals surface area contributed by atoms with Gasteiger partial charge in [-0.15, -0.1) is 0 Å². The fourth-order valence-electron chi connectivity index (χ4n) is 0. The van der Waals surface area contributed by atoms with Crippen molar-refractivity contribution in [2.75, 3.05) is 0 Å². The van der Waals surface area contributed by atoms with Crippen LogP contribution in [0.2, 0.25) is 0 Å². The normalized spacial score (nSPS) is 6.45. The van der Waals surface area contributed by atoms with Crippen LogP contribution < -0.4 is 0 Å². The molecule has 11 heavy (non-hydrogen) atoms. The number of ketones is 2. The Bertz CT molecular complexity index is 145. The minimum atomic E-state index is -0.833. The average molecular weight is 188 g/mol. The zero-order valence-corrected chi connectivity index (χ0v) is 9.09. The Hall–Kier alpha value is 0.0697. The molecule has 0 aromatic rings. The molecule has 0 bridgehead atoms. The Morgan fingerprint density at radius 3 is 1.09 bits per heavy atom. The van der Waals surface area contributed by atoms with Crippen molar-refractivity contribution in [3.05, 3.63) is 0 Å². The number of aliphatic carboxylic acids is 1. The molecule has 0 aliphatic carbocycles. The monoisotopic (exact) mass is 188 g/mol. The number of carboxylic acid groups (broad SMARTS) is 1. The Morgan fingerprint density at radius 2 is 1.09 bits per heavy atom. The summed E-state index contributed by atoms with van der Waals surface area (Å²) in [6, 6.07) is 0. The van der Waals surface area contributed by atoms with E-state index in [4.69, 9.17) is 9.90 Å². The number of carbonyl (C=O) groups excluding carboxylic acids is 2. The summed E-state index contributed by atoms with van der Waals surface area (Å²) in [4.78, 5) is 28.6. The van der Waals surface area contributed by atoms with Gasteiger partial charge in [0.25, 0.3) is 5.97 Å². The fourth-order valence-corrected chi connectivity index (χ4v) is 0. The van der Waals surface area contributed by atoms with Gasteiger partial charge in [-0.05, 0) is 0 Å². The van der Waals surface area contributed by atoms with Crippen LogP contribution in [0.5, 0.6) is 0 Å². The molecule has 62 valence electrons. The Balaban J connectivity index is -0.0000000279. The van der Waals surface area contributed by atoms with Gasteiger partial charge in [0.1, 0.15) is 0 Å². The zero-order valence-electron chi connectivity index (χ0n) is 8.88. The van der Waals surface area contributed by atoms with E-state index in [1.807, 2.05) is 0 Å². The van der Waals surface area contributed by atoms with E-state index in [2.05, 4.69) is 0 Å². The van der Waals surface area contributed by atoms with Crippen LogP contribution in [0, 0.1) is 0 Å². The van der Waals surface area contributed by atoms with Gasteiger partial charge < -0.3 is 7.96 Å². The molecule has 0 radical (unpaired) electrons. The molecule has 0 spiro atoms. The molecule has 1 N–H and O–H groups in total. The number of rotatable bonds is 1. The minimum absolute atomic E-state index is 0. The summed E-state index contributed by atoms with van der Waals surface area (Å²) in [5.41, 5.74) is 0. The van der Waals surface area contributed by atoms with Gasteiger partial charge in [-0.1, -0.05) is 0 Å². The van der Waals surface area contributed by atoms with E-state index >= 15 is 0 Å². The van der Waals surface area contributed by atoms with Crippen molar-refractivity contribution in [2.45, 2.75) is 20.8 Å². The van der Waals surface area contributed by atoms with E-state index < -0.39 is 5.97 Å². The van der Waals surface area contributed by atoms with Gasteiger partial charge in [0.2, 0.25) is 0 Å². The van der Waals surface area contributed by atoms with Crippen LogP contribution in [0.25, 0.3) is 0 Å². The van der Waals surface area contributed by atoms with Crippen LogP contribution in [0.3, 0.4) is 0 Å². The summed E-state index contributed by atoms with van der Waals surface area (Å²) in [6.45, 7) is 3.59. The Morgan fingerprint density at radius 1 is 1.00 bits per heavy atom. The van der Waals surface area contributed by atoms with Gasteiger partial charge in [-0.3, -0.25) is 14.4 Å². The molecule has 0 rings (SSSR count). The number of carbonyl (C=O) groups is 3. The molecule has 0 unspecified atom stereocenters. The first kappa shape index (κ1) is 17.2. The maximum Gasteiger partial charge on any atom is 2.00 e. The van der Waals surface area contributed by atoms with Crippen molar-refractivity contribution in [3.63, 3.8) is 0 Å². The van der Waals surface area contributed by atoms with Crippen LogP contribution >= 0.6 is 0 Å². The first-order valence-electron chi connectivity index (χ1n) is 2.59. The molecule has 0 aliphatic rings. The van der Waals surface area contributed by atoms with E-state index in [1.54, 1.807) is 0 Å². The Kier molecular flexibility index (Phi) is 15.8. The summed E-state index contributed by atoms with van der Waals surface area (Å²) in [6.07, 6.45) is 0. The van der Waals surface area contributed by atoms with Gasteiger partial charge in [0.15, 0.2) is 11.6 Å². The van der Waals surface area contributed by atoms with Crippen LogP contribution in [0.15, 0.2) is 0 Å². The van der Waals surface area contributed by atoms with Gasteiger partial charge in [-0.2, -0.15) is 0 Å². The van der Waals surface area contributed by atoms with E-state index in [0.717, 1.165) is 6.92 Å². The van der Waals surface area contributed by atoms with Gasteiger partial charge in [0.05, 0.1) is 0 Å². The third kappa shape index (κ3) is 39.6. The second-order valence-corrected chi connectivity index (χ2v) is 1.63. The van der Waals surface area contributed by atoms with Crippen LogP contribution in [-0.4, -0.2) is 60.4 Å². The molecular weight excluding hydrogens is 176 g/mol. The molecule has 0 saturated heterocycles. The summed E-state index contributed by atoms with van der Waals surface area (Å²) in [7, 11) is 0. The molecule has 0 aromatic heterocycles. The van der Waals surface area contributed by atoms with E-state index in [0.29, 0.717) is 0 Å². The molecule has 5 heteroatoms. The van der Waals surface area contributed by atoms with Crippen LogP contribution in [-0.2, 0) is 14.4 Å². The van der Waals surface area contributed by atoms with E-state index in [9.17, 15) is 9.59 Å². The average Bonchev–Trinajstić information content (AvgIpc) is 1.63. The smallest absolute Gasteiger partial charge is 1.00 e. The van der Waals surface area contributed by atoms with E-state index in [1.165, 1.54) is 13.8 Å². The molecule has 0 aromatic carbocycles. The largest absolute Gasteiger partial charge is 2.00 e. The summed E-state index contributed by atoms with van der Waals surface area (Å²) >= 11 is 0. The molecule has 4 nitrogen and oxygen atoms in total. The molecule has 0 saturated carbocycles. The van der Waals surface area contributed by atoms with Crippen molar-refractivity contribution >= 4 is 55.3 Å². The number of hydrogen-bond donors (Lipinski definition) is 1. The summed E-state index contributed by atoms with van der Waals surface area (Å²) < 4.78 is 0. The standard InChI is InChI=1S/C4H6O2.C2H4O2.Ca.2H/c1-3(5)4(2)6;1-2(3)4;;;/h1-2H3;1H3,(H,3,4);;;/q;;+2;2*-1. The Labute approximate surface area is 97.9 Å². The zero-order chi connectivity index (χ0) is 8.73. The van der Waals surface area contributed by atoms with E-state index in [-0.39, 0.29) is 52.2 Å². The first-order valence-corrected chi connectivity index (χ1v) is 2.59. The topological polar surface area (TPSA) is 71.4 Å². The third-order valence-corrected chi connectivity index (χ3v) is 0.496. The van der Waals surface area contributed by atoms with Gasteiger partial charge >= 0.3 is 37.7 Å². The van der Waals surface area contributed by atoms with Crippen LogP contribution in [0.1, 0.15) is 23.6 Å². The number of hydrogen-bond acceptors (Lipinski definition) is 3. The summed E-state index contributed by atoms with van der Waals surface area (Å²) in [5.74, 6) is -1.59. The fraction of sp³-hybridized carbons (Fsp3) is 0.500.